The Hall–Kier alpha value is -3.27. The summed E-state index contributed by atoms with van der Waals surface area (Å²) in [6.07, 6.45) is 2.56. The molecule has 0 aliphatic rings. The highest BCUT2D eigenvalue weighted by molar-refractivity contribution is 6.02. The lowest BCUT2D eigenvalue weighted by atomic mass is 10.2. The number of carboxylic acid groups (broad SMARTS) is 1. The summed E-state index contributed by atoms with van der Waals surface area (Å²) in [5.41, 5.74) is 0.460. The Labute approximate surface area is 113 Å². The highest BCUT2D eigenvalue weighted by Crippen LogP contribution is 2.08. The number of aromatic nitrogens is 2. The first-order valence-corrected chi connectivity index (χ1v) is 5.47. The SMILES string of the molecule is N#Cc1ccc(C(=O)Nc2cc(C(=O)O)ccn2)nc1. The molecule has 0 atom stereocenters. The van der Waals surface area contributed by atoms with Crippen LogP contribution in [0.15, 0.2) is 36.7 Å². The van der Waals surface area contributed by atoms with Crippen LogP contribution in [0.25, 0.3) is 0 Å². The summed E-state index contributed by atoms with van der Waals surface area (Å²) >= 11 is 0. The van der Waals surface area contributed by atoms with E-state index < -0.39 is 11.9 Å². The molecule has 2 aromatic heterocycles. The van der Waals surface area contributed by atoms with Gasteiger partial charge in [-0.1, -0.05) is 0 Å². The van der Waals surface area contributed by atoms with Gasteiger partial charge in [0.05, 0.1) is 11.1 Å². The van der Waals surface area contributed by atoms with Crippen LogP contribution < -0.4 is 5.32 Å². The van der Waals surface area contributed by atoms with E-state index in [1.165, 1.54) is 36.7 Å². The van der Waals surface area contributed by atoms with Crippen LogP contribution in [-0.2, 0) is 0 Å². The van der Waals surface area contributed by atoms with Crippen molar-refractivity contribution in [3.63, 3.8) is 0 Å². The number of carbonyl (C=O) groups excluding carboxylic acids is 1. The van der Waals surface area contributed by atoms with Crippen molar-refractivity contribution in [2.75, 3.05) is 5.32 Å². The van der Waals surface area contributed by atoms with Gasteiger partial charge < -0.3 is 10.4 Å². The number of hydrogen-bond acceptors (Lipinski definition) is 5. The Kier molecular flexibility index (Phi) is 3.67. The smallest absolute Gasteiger partial charge is 0.335 e. The molecular formula is C13H8N4O3. The summed E-state index contributed by atoms with van der Waals surface area (Å²) in [5.74, 6) is -1.54. The normalized spacial score (nSPS) is 9.55. The lowest BCUT2D eigenvalue weighted by Crippen LogP contribution is -2.15. The Morgan fingerprint density at radius 1 is 1.25 bits per heavy atom. The topological polar surface area (TPSA) is 116 Å². The molecule has 2 heterocycles. The fourth-order valence-electron chi connectivity index (χ4n) is 1.41. The molecule has 0 saturated carbocycles. The number of amides is 1. The summed E-state index contributed by atoms with van der Waals surface area (Å²) < 4.78 is 0. The molecule has 20 heavy (non-hydrogen) atoms. The number of hydrogen-bond donors (Lipinski definition) is 2. The van der Waals surface area contributed by atoms with Gasteiger partial charge in [-0.15, -0.1) is 0 Å². The maximum atomic E-state index is 11.9. The Morgan fingerprint density at radius 2 is 2.05 bits per heavy atom. The zero-order valence-electron chi connectivity index (χ0n) is 10.1. The maximum absolute atomic E-state index is 11.9. The van der Waals surface area contributed by atoms with E-state index >= 15 is 0 Å². The Balaban J connectivity index is 2.17. The molecule has 98 valence electrons. The van der Waals surface area contributed by atoms with Crippen molar-refractivity contribution >= 4 is 17.7 Å². The van der Waals surface area contributed by atoms with Gasteiger partial charge >= 0.3 is 5.97 Å². The molecule has 2 aromatic rings. The second kappa shape index (κ2) is 5.58. The number of nitrogens with zero attached hydrogens (tertiary/aromatic N) is 3. The maximum Gasteiger partial charge on any atom is 0.335 e. The minimum atomic E-state index is -1.11. The second-order valence-corrected chi connectivity index (χ2v) is 3.73. The first-order chi connectivity index (χ1) is 9.60. The van der Waals surface area contributed by atoms with E-state index in [1.807, 2.05) is 6.07 Å². The van der Waals surface area contributed by atoms with Crippen molar-refractivity contribution in [3.8, 4) is 6.07 Å². The fraction of sp³-hybridized carbons (Fsp3) is 0. The van der Waals surface area contributed by atoms with Crippen LogP contribution in [0.2, 0.25) is 0 Å². The van der Waals surface area contributed by atoms with Crippen molar-refractivity contribution in [2.45, 2.75) is 0 Å². The van der Waals surface area contributed by atoms with Gasteiger partial charge in [-0.05, 0) is 24.3 Å². The van der Waals surface area contributed by atoms with Crippen LogP contribution >= 0.6 is 0 Å². The average molecular weight is 268 g/mol. The highest BCUT2D eigenvalue weighted by Gasteiger charge is 2.10. The summed E-state index contributed by atoms with van der Waals surface area (Å²) in [6.45, 7) is 0. The highest BCUT2D eigenvalue weighted by atomic mass is 16.4. The quantitative estimate of drug-likeness (QED) is 0.866. The van der Waals surface area contributed by atoms with Gasteiger partial charge in [0, 0.05) is 12.4 Å². The average Bonchev–Trinajstić information content (AvgIpc) is 2.47. The third-order valence-corrected chi connectivity index (χ3v) is 2.37. The summed E-state index contributed by atoms with van der Waals surface area (Å²) in [5, 5.41) is 19.9. The minimum absolute atomic E-state index is 0.0167. The predicted octanol–water partition coefficient (Wildman–Crippen LogP) is 1.30. The van der Waals surface area contributed by atoms with Crippen LogP contribution in [-0.4, -0.2) is 27.0 Å². The molecule has 0 radical (unpaired) electrons. The molecule has 0 bridgehead atoms. The number of carboxylic acids is 1. The Morgan fingerprint density at radius 3 is 2.65 bits per heavy atom. The van der Waals surface area contributed by atoms with Crippen molar-refractivity contribution < 1.29 is 14.7 Å². The largest absolute Gasteiger partial charge is 0.478 e. The van der Waals surface area contributed by atoms with Crippen molar-refractivity contribution in [2.24, 2.45) is 0 Å². The molecule has 0 spiro atoms. The van der Waals surface area contributed by atoms with Gasteiger partial charge in [0.2, 0.25) is 0 Å². The fourth-order valence-corrected chi connectivity index (χ4v) is 1.41. The number of aromatic carboxylic acids is 1. The van der Waals surface area contributed by atoms with E-state index in [4.69, 9.17) is 10.4 Å². The molecule has 7 heteroatoms. The summed E-state index contributed by atoms with van der Waals surface area (Å²) in [6, 6.07) is 7.31. The zero-order chi connectivity index (χ0) is 14.5. The molecule has 7 nitrogen and oxygen atoms in total. The van der Waals surface area contributed by atoms with E-state index in [0.29, 0.717) is 5.56 Å². The van der Waals surface area contributed by atoms with E-state index in [0.717, 1.165) is 0 Å². The first-order valence-electron chi connectivity index (χ1n) is 5.47. The monoisotopic (exact) mass is 268 g/mol. The first kappa shape index (κ1) is 13.2. The van der Waals surface area contributed by atoms with Gasteiger partial charge in [-0.25, -0.2) is 14.8 Å². The van der Waals surface area contributed by atoms with E-state index in [2.05, 4.69) is 15.3 Å². The van der Waals surface area contributed by atoms with Gasteiger partial charge in [0.25, 0.3) is 5.91 Å². The number of nitriles is 1. The predicted molar refractivity (Wildman–Crippen MR) is 68.1 cm³/mol. The lowest BCUT2D eigenvalue weighted by Gasteiger charge is -2.04. The molecule has 0 unspecified atom stereocenters. The second-order valence-electron chi connectivity index (χ2n) is 3.73. The van der Waals surface area contributed by atoms with Gasteiger partial charge in [-0.3, -0.25) is 4.79 Å². The molecular weight excluding hydrogens is 260 g/mol. The third kappa shape index (κ3) is 2.94. The van der Waals surface area contributed by atoms with Crippen molar-refractivity contribution in [3.05, 3.63) is 53.5 Å². The number of rotatable bonds is 3. The molecule has 1 amide bonds. The standard InChI is InChI=1S/C13H8N4O3/c14-6-8-1-2-10(16-7-8)12(18)17-11-5-9(13(19)20)3-4-15-11/h1-5,7H,(H,19,20)(H,15,17,18). The third-order valence-electron chi connectivity index (χ3n) is 2.37. The number of anilines is 1. The molecule has 0 aliphatic carbocycles. The van der Waals surface area contributed by atoms with Crippen LogP contribution in [0, 0.1) is 11.3 Å². The molecule has 0 aromatic carbocycles. The van der Waals surface area contributed by atoms with E-state index in [-0.39, 0.29) is 17.1 Å². The number of carbonyl (C=O) groups is 2. The molecule has 0 fully saturated rings. The van der Waals surface area contributed by atoms with E-state index in [1.54, 1.807) is 0 Å². The van der Waals surface area contributed by atoms with Gasteiger partial charge in [-0.2, -0.15) is 5.26 Å². The molecule has 0 saturated heterocycles. The van der Waals surface area contributed by atoms with E-state index in [9.17, 15) is 9.59 Å². The summed E-state index contributed by atoms with van der Waals surface area (Å²) in [7, 11) is 0. The number of nitrogens with one attached hydrogen (secondary N) is 1. The van der Waals surface area contributed by atoms with Crippen molar-refractivity contribution in [1.29, 1.82) is 5.26 Å². The molecule has 2 rings (SSSR count). The van der Waals surface area contributed by atoms with Crippen LogP contribution in [0.1, 0.15) is 26.4 Å². The van der Waals surface area contributed by atoms with Crippen LogP contribution in [0.3, 0.4) is 0 Å². The zero-order valence-corrected chi connectivity index (χ0v) is 10.1. The van der Waals surface area contributed by atoms with Crippen LogP contribution in [0.5, 0.6) is 0 Å². The van der Waals surface area contributed by atoms with Gasteiger partial charge in [0.1, 0.15) is 17.6 Å². The van der Waals surface area contributed by atoms with Crippen LogP contribution in [0.4, 0.5) is 5.82 Å². The minimum Gasteiger partial charge on any atom is -0.478 e. The lowest BCUT2D eigenvalue weighted by molar-refractivity contribution is 0.0696. The molecule has 2 N–H and O–H groups in total. The molecule has 0 aliphatic heterocycles. The van der Waals surface area contributed by atoms with Gasteiger partial charge in [0.15, 0.2) is 0 Å². The van der Waals surface area contributed by atoms with Crippen molar-refractivity contribution in [1.82, 2.24) is 9.97 Å². The Bertz CT molecular complexity index is 704. The number of pyridine rings is 2. The summed E-state index contributed by atoms with van der Waals surface area (Å²) in [4.78, 5) is 30.3.